The van der Waals surface area contributed by atoms with Gasteiger partial charge in [0.2, 0.25) is 0 Å². The number of nitrogens with zero attached hydrogens (tertiary/aromatic N) is 2. The van der Waals surface area contributed by atoms with Crippen molar-refractivity contribution in [3.8, 4) is 0 Å². The third kappa shape index (κ3) is 3.61. The molecule has 1 fully saturated rings. The Morgan fingerprint density at radius 3 is 2.70 bits per heavy atom. The van der Waals surface area contributed by atoms with Gasteiger partial charge in [0.25, 0.3) is 0 Å². The predicted octanol–water partition coefficient (Wildman–Crippen LogP) is 3.06. The van der Waals surface area contributed by atoms with E-state index >= 15 is 0 Å². The Hall–Kier alpha value is -0.870. The third-order valence-electron chi connectivity index (χ3n) is 4.51. The Bertz CT molecular complexity index is 385. The first-order chi connectivity index (χ1) is 9.77. The van der Waals surface area contributed by atoms with Crippen LogP contribution in [0.5, 0.6) is 0 Å². The lowest BCUT2D eigenvalue weighted by atomic mass is 9.81. The van der Waals surface area contributed by atoms with Crippen molar-refractivity contribution in [3.05, 3.63) is 18.0 Å². The summed E-state index contributed by atoms with van der Waals surface area (Å²) in [5.74, 6) is 0.665. The molecule has 0 spiro atoms. The first-order valence-corrected chi connectivity index (χ1v) is 8.02. The molecule has 1 aliphatic rings. The minimum absolute atomic E-state index is 0.246. The Morgan fingerprint density at radius 1 is 1.40 bits per heavy atom. The molecule has 4 nitrogen and oxygen atoms in total. The van der Waals surface area contributed by atoms with Gasteiger partial charge >= 0.3 is 0 Å². The van der Waals surface area contributed by atoms with E-state index in [1.54, 1.807) is 0 Å². The molecule has 20 heavy (non-hydrogen) atoms. The molecule has 2 atom stereocenters. The van der Waals surface area contributed by atoms with Gasteiger partial charge in [0.1, 0.15) is 0 Å². The average Bonchev–Trinajstić information content (AvgIpc) is 2.90. The molecule has 1 aliphatic carbocycles. The highest BCUT2D eigenvalue weighted by atomic mass is 16.5. The van der Waals surface area contributed by atoms with Gasteiger partial charge in [-0.3, -0.25) is 4.68 Å². The summed E-state index contributed by atoms with van der Waals surface area (Å²) in [6, 6.07) is 2.36. The fourth-order valence-corrected chi connectivity index (χ4v) is 3.44. The Kier molecular flexibility index (Phi) is 6.05. The van der Waals surface area contributed by atoms with Crippen LogP contribution in [0, 0.1) is 5.92 Å². The highest BCUT2D eigenvalue weighted by molar-refractivity contribution is 5.10. The number of rotatable bonds is 7. The first-order valence-electron chi connectivity index (χ1n) is 8.02. The lowest BCUT2D eigenvalue weighted by Crippen LogP contribution is -2.40. The number of hydrogen-bond acceptors (Lipinski definition) is 3. The van der Waals surface area contributed by atoms with Crippen LogP contribution in [0.2, 0.25) is 0 Å². The summed E-state index contributed by atoms with van der Waals surface area (Å²) in [4.78, 5) is 0. The minimum Gasteiger partial charge on any atom is -0.379 e. The maximum Gasteiger partial charge on any atom is 0.0809 e. The molecule has 0 aromatic carbocycles. The fraction of sp³-hybridized carbons (Fsp3) is 0.812. The van der Waals surface area contributed by atoms with Crippen LogP contribution in [0.3, 0.4) is 0 Å². The second-order valence-corrected chi connectivity index (χ2v) is 5.91. The van der Waals surface area contributed by atoms with Crippen LogP contribution in [-0.4, -0.2) is 29.5 Å². The highest BCUT2D eigenvalue weighted by Gasteiger charge is 2.32. The highest BCUT2D eigenvalue weighted by Crippen LogP contribution is 2.33. The van der Waals surface area contributed by atoms with E-state index in [-0.39, 0.29) is 12.1 Å². The number of aromatic nitrogens is 2. The Balaban J connectivity index is 2.16. The molecule has 4 heteroatoms. The normalized spacial score (nSPS) is 19.9. The predicted molar refractivity (Wildman–Crippen MR) is 81.6 cm³/mol. The zero-order valence-corrected chi connectivity index (χ0v) is 13.1. The molecule has 114 valence electrons. The van der Waals surface area contributed by atoms with Crippen LogP contribution in [-0.2, 0) is 11.8 Å². The quantitative estimate of drug-likeness (QED) is 0.834. The number of methoxy groups -OCH3 is 1. The van der Waals surface area contributed by atoms with Crippen LogP contribution < -0.4 is 5.32 Å². The van der Waals surface area contributed by atoms with Gasteiger partial charge < -0.3 is 10.1 Å². The minimum atomic E-state index is 0.246. The molecular formula is C16H29N3O. The number of hydrogen-bond donors (Lipinski definition) is 1. The Labute approximate surface area is 122 Å². The molecule has 1 aromatic heterocycles. The maximum absolute atomic E-state index is 5.92. The smallest absolute Gasteiger partial charge is 0.0809 e. The van der Waals surface area contributed by atoms with Crippen LogP contribution in [0.4, 0.5) is 0 Å². The van der Waals surface area contributed by atoms with E-state index in [1.807, 2.05) is 25.0 Å². The van der Waals surface area contributed by atoms with Gasteiger partial charge in [-0.2, -0.15) is 5.10 Å². The van der Waals surface area contributed by atoms with Crippen LogP contribution in [0.15, 0.2) is 12.3 Å². The Morgan fingerprint density at radius 2 is 2.15 bits per heavy atom. The van der Waals surface area contributed by atoms with Crippen molar-refractivity contribution < 1.29 is 4.74 Å². The van der Waals surface area contributed by atoms with Crippen LogP contribution in [0.25, 0.3) is 0 Å². The topological polar surface area (TPSA) is 39.1 Å². The second-order valence-electron chi connectivity index (χ2n) is 5.91. The fourth-order valence-electron chi connectivity index (χ4n) is 3.44. The summed E-state index contributed by atoms with van der Waals surface area (Å²) >= 11 is 0. The van der Waals surface area contributed by atoms with Crippen molar-refractivity contribution in [3.63, 3.8) is 0 Å². The van der Waals surface area contributed by atoms with Gasteiger partial charge in [-0.15, -0.1) is 0 Å². The van der Waals surface area contributed by atoms with Crippen molar-refractivity contribution in [1.29, 1.82) is 0 Å². The van der Waals surface area contributed by atoms with E-state index in [2.05, 4.69) is 23.4 Å². The SMILES string of the molecule is CCCNC(c1ccnn1C)C(OC)C1CCCCC1. The standard InChI is InChI=1S/C16H29N3O/c1-4-11-17-15(14-10-12-18-19(14)2)16(20-3)13-8-6-5-7-9-13/h10,12-13,15-17H,4-9,11H2,1-3H3. The van der Waals surface area contributed by atoms with Crippen molar-refractivity contribution in [2.45, 2.75) is 57.6 Å². The molecule has 1 heterocycles. The van der Waals surface area contributed by atoms with Crippen molar-refractivity contribution in [2.75, 3.05) is 13.7 Å². The maximum atomic E-state index is 5.92. The van der Waals surface area contributed by atoms with E-state index in [0.29, 0.717) is 5.92 Å². The molecule has 2 rings (SSSR count). The van der Waals surface area contributed by atoms with E-state index < -0.39 is 0 Å². The summed E-state index contributed by atoms with van der Waals surface area (Å²) in [6.45, 7) is 3.22. The summed E-state index contributed by atoms with van der Waals surface area (Å²) in [7, 11) is 3.87. The van der Waals surface area contributed by atoms with Gasteiger partial charge in [0.15, 0.2) is 0 Å². The molecule has 0 saturated heterocycles. The van der Waals surface area contributed by atoms with Crippen molar-refractivity contribution in [2.24, 2.45) is 13.0 Å². The van der Waals surface area contributed by atoms with Crippen LogP contribution in [0.1, 0.15) is 57.2 Å². The molecule has 1 N–H and O–H groups in total. The number of ether oxygens (including phenoxy) is 1. The molecule has 1 aromatic rings. The molecule has 1 saturated carbocycles. The number of aryl methyl sites for hydroxylation is 1. The zero-order valence-electron chi connectivity index (χ0n) is 13.1. The van der Waals surface area contributed by atoms with E-state index in [0.717, 1.165) is 13.0 Å². The van der Waals surface area contributed by atoms with E-state index in [4.69, 9.17) is 4.74 Å². The molecule has 0 radical (unpaired) electrons. The molecule has 0 aliphatic heterocycles. The van der Waals surface area contributed by atoms with Gasteiger partial charge in [-0.25, -0.2) is 0 Å². The summed E-state index contributed by atoms with van der Waals surface area (Å²) in [5.41, 5.74) is 1.23. The number of nitrogens with one attached hydrogen (secondary N) is 1. The van der Waals surface area contributed by atoms with Gasteiger partial charge in [0, 0.05) is 20.4 Å². The summed E-state index contributed by atoms with van der Waals surface area (Å²) in [5, 5.41) is 8.00. The zero-order chi connectivity index (χ0) is 14.4. The van der Waals surface area contributed by atoms with Gasteiger partial charge in [0.05, 0.1) is 17.8 Å². The monoisotopic (exact) mass is 279 g/mol. The van der Waals surface area contributed by atoms with Crippen molar-refractivity contribution >= 4 is 0 Å². The van der Waals surface area contributed by atoms with Gasteiger partial charge in [-0.05, 0) is 37.8 Å². The van der Waals surface area contributed by atoms with Crippen molar-refractivity contribution in [1.82, 2.24) is 15.1 Å². The van der Waals surface area contributed by atoms with Crippen LogP contribution >= 0.6 is 0 Å². The third-order valence-corrected chi connectivity index (χ3v) is 4.51. The van der Waals surface area contributed by atoms with E-state index in [9.17, 15) is 0 Å². The summed E-state index contributed by atoms with van der Waals surface area (Å²) < 4.78 is 7.90. The molecule has 0 bridgehead atoms. The average molecular weight is 279 g/mol. The lowest BCUT2D eigenvalue weighted by molar-refractivity contribution is 0.00561. The largest absolute Gasteiger partial charge is 0.379 e. The summed E-state index contributed by atoms with van der Waals surface area (Å²) in [6.07, 6.45) is 9.91. The first kappa shape index (κ1) is 15.5. The van der Waals surface area contributed by atoms with Gasteiger partial charge in [-0.1, -0.05) is 26.2 Å². The van der Waals surface area contributed by atoms with E-state index in [1.165, 1.54) is 37.8 Å². The molecular weight excluding hydrogens is 250 g/mol. The lowest BCUT2D eigenvalue weighted by Gasteiger charge is -2.35. The molecule has 0 amide bonds. The second kappa shape index (κ2) is 7.79. The molecule has 2 unspecified atom stereocenters.